The first-order valence-electron chi connectivity index (χ1n) is 8.50. The first-order chi connectivity index (χ1) is 12.3. The van der Waals surface area contributed by atoms with Crippen molar-refractivity contribution in [2.75, 3.05) is 7.11 Å². The molecule has 1 saturated heterocycles. The molecule has 134 valence electrons. The van der Waals surface area contributed by atoms with E-state index in [0.29, 0.717) is 6.42 Å². The molecule has 26 heavy (non-hydrogen) atoms. The lowest BCUT2D eigenvalue weighted by Gasteiger charge is -2.32. The predicted molar refractivity (Wildman–Crippen MR) is 98.3 cm³/mol. The highest BCUT2D eigenvalue weighted by Gasteiger charge is 2.51. The van der Waals surface area contributed by atoms with Gasteiger partial charge < -0.3 is 14.0 Å². The summed E-state index contributed by atoms with van der Waals surface area (Å²) in [6.45, 7) is 8.16. The van der Waals surface area contributed by atoms with Gasteiger partial charge in [-0.05, 0) is 38.7 Å². The van der Waals surface area contributed by atoms with E-state index in [1.54, 1.807) is 6.20 Å². The van der Waals surface area contributed by atoms with Crippen LogP contribution < -0.4 is 10.2 Å². The maximum atomic E-state index is 8.98. The fraction of sp³-hybridized carbons (Fsp3) is 0.421. The highest BCUT2D eigenvalue weighted by atomic mass is 16.7. The Kier molecular flexibility index (Phi) is 4.74. The zero-order chi connectivity index (χ0) is 18.9. The molecule has 2 heterocycles. The third kappa shape index (κ3) is 3.43. The van der Waals surface area contributed by atoms with E-state index < -0.39 is 0 Å². The largest absolute Gasteiger partial charge is 0.494 e. The topological polar surface area (TPSA) is 77.3 Å². The van der Waals surface area contributed by atoms with Gasteiger partial charge in [0.1, 0.15) is 6.07 Å². The van der Waals surface area contributed by atoms with Crippen LogP contribution in [0.15, 0.2) is 30.5 Å². The average molecular weight is 351 g/mol. The molecule has 0 atom stereocenters. The lowest BCUT2D eigenvalue weighted by molar-refractivity contribution is 0.00578. The second kappa shape index (κ2) is 6.71. The number of hydrogen-bond donors (Lipinski definition) is 0. The van der Waals surface area contributed by atoms with E-state index in [0.717, 1.165) is 16.7 Å². The van der Waals surface area contributed by atoms with E-state index in [2.05, 4.69) is 9.97 Å². The summed E-state index contributed by atoms with van der Waals surface area (Å²) in [4.78, 5) is 8.43. The molecule has 0 aliphatic carbocycles. The molecule has 1 aliphatic heterocycles. The number of methoxy groups -OCH3 is 1. The minimum absolute atomic E-state index is 0.187. The van der Waals surface area contributed by atoms with Crippen LogP contribution in [0.2, 0.25) is 0 Å². The van der Waals surface area contributed by atoms with Crippen molar-refractivity contribution in [3.05, 3.63) is 47.4 Å². The Labute approximate surface area is 154 Å². The van der Waals surface area contributed by atoms with E-state index in [4.69, 9.17) is 19.3 Å². The number of hydrogen-bond acceptors (Lipinski definition) is 6. The van der Waals surface area contributed by atoms with Gasteiger partial charge in [0, 0.05) is 6.42 Å². The molecule has 0 spiro atoms. The van der Waals surface area contributed by atoms with Gasteiger partial charge in [-0.2, -0.15) is 5.26 Å². The van der Waals surface area contributed by atoms with Crippen molar-refractivity contribution in [2.45, 2.75) is 45.3 Å². The number of ether oxygens (including phenoxy) is 1. The lowest BCUT2D eigenvalue weighted by Crippen LogP contribution is -2.41. The van der Waals surface area contributed by atoms with Crippen LogP contribution in [0.5, 0.6) is 5.88 Å². The van der Waals surface area contributed by atoms with Crippen molar-refractivity contribution in [3.63, 3.8) is 0 Å². The zero-order valence-electron chi connectivity index (χ0n) is 15.7. The van der Waals surface area contributed by atoms with Crippen LogP contribution in [0.4, 0.5) is 0 Å². The summed E-state index contributed by atoms with van der Waals surface area (Å²) >= 11 is 0. The summed E-state index contributed by atoms with van der Waals surface area (Å²) in [5, 5.41) is 8.98. The average Bonchev–Trinajstić information content (AvgIpc) is 2.83. The molecule has 0 radical (unpaired) electrons. The molecule has 0 amide bonds. The fourth-order valence-electron chi connectivity index (χ4n) is 2.69. The van der Waals surface area contributed by atoms with E-state index in [-0.39, 0.29) is 29.9 Å². The Morgan fingerprint density at radius 1 is 1.12 bits per heavy atom. The molecule has 7 heteroatoms. The zero-order valence-corrected chi connectivity index (χ0v) is 15.7. The summed E-state index contributed by atoms with van der Waals surface area (Å²) in [5.74, 6) is 0.249. The normalized spacial score (nSPS) is 17.8. The Morgan fingerprint density at radius 2 is 1.73 bits per heavy atom. The van der Waals surface area contributed by atoms with E-state index in [9.17, 15) is 0 Å². The molecule has 0 bridgehead atoms. The molecule has 1 fully saturated rings. The highest BCUT2D eigenvalue weighted by molar-refractivity contribution is 6.62. The summed E-state index contributed by atoms with van der Waals surface area (Å²) < 4.78 is 17.3. The van der Waals surface area contributed by atoms with Crippen LogP contribution >= 0.6 is 0 Å². The van der Waals surface area contributed by atoms with Gasteiger partial charge in [-0.15, -0.1) is 0 Å². The molecule has 6 nitrogen and oxygen atoms in total. The van der Waals surface area contributed by atoms with Crippen LogP contribution in [0.1, 0.15) is 44.6 Å². The van der Waals surface area contributed by atoms with E-state index in [1.165, 1.54) is 7.11 Å². The predicted octanol–water partition coefficient (Wildman–Crippen LogP) is 2.25. The number of nitriles is 1. The van der Waals surface area contributed by atoms with Gasteiger partial charge in [0.05, 0.1) is 30.2 Å². The lowest BCUT2D eigenvalue weighted by atomic mass is 9.78. The minimum Gasteiger partial charge on any atom is -0.479 e. The van der Waals surface area contributed by atoms with Gasteiger partial charge in [0.15, 0.2) is 0 Å². The molecule has 1 aromatic carbocycles. The second-order valence-corrected chi connectivity index (χ2v) is 7.34. The Morgan fingerprint density at radius 3 is 2.27 bits per heavy atom. The molecule has 1 aliphatic rings. The first-order valence-corrected chi connectivity index (χ1v) is 8.50. The van der Waals surface area contributed by atoms with Gasteiger partial charge in [-0.1, -0.05) is 24.3 Å². The first kappa shape index (κ1) is 18.4. The van der Waals surface area contributed by atoms with Gasteiger partial charge in [0.25, 0.3) is 5.88 Å². The molecule has 1 aromatic heterocycles. The summed E-state index contributed by atoms with van der Waals surface area (Å²) in [6, 6.07) is 10.0. The second-order valence-electron chi connectivity index (χ2n) is 7.34. The molecule has 0 unspecified atom stereocenters. The van der Waals surface area contributed by atoms with Gasteiger partial charge in [-0.25, -0.2) is 9.97 Å². The summed E-state index contributed by atoms with van der Waals surface area (Å²) in [6.07, 6.45) is 2.20. The molecular weight excluding hydrogens is 329 g/mol. The standard InChI is InChI=1S/C19H22BN3O3/c1-18(2)19(3,4)26-20(25-18)14-8-6-13(7-9-14)10-15-12-22-16(11-21)17(23-15)24-5/h6-9,12H,10H2,1-5H3. The summed E-state index contributed by atoms with van der Waals surface area (Å²) in [5.41, 5.74) is 2.27. The number of nitrogens with zero attached hydrogens (tertiary/aromatic N) is 3. The molecule has 0 N–H and O–H groups in total. The molecule has 0 saturated carbocycles. The molecular formula is C19H22BN3O3. The van der Waals surface area contributed by atoms with Crippen molar-refractivity contribution in [1.29, 1.82) is 5.26 Å². The van der Waals surface area contributed by atoms with Crippen molar-refractivity contribution >= 4 is 12.6 Å². The number of aromatic nitrogens is 2. The van der Waals surface area contributed by atoms with Crippen molar-refractivity contribution in [1.82, 2.24) is 9.97 Å². The third-order valence-electron chi connectivity index (χ3n) is 4.98. The number of rotatable bonds is 4. The van der Waals surface area contributed by atoms with Gasteiger partial charge in [-0.3, -0.25) is 0 Å². The maximum absolute atomic E-state index is 8.98. The molecule has 3 rings (SSSR count). The van der Waals surface area contributed by atoms with Gasteiger partial charge in [0.2, 0.25) is 5.69 Å². The van der Waals surface area contributed by atoms with Crippen LogP contribution in [0, 0.1) is 11.3 Å². The SMILES string of the molecule is COc1nc(Cc2ccc(B3OC(C)(C)C(C)(C)O3)cc2)cnc1C#N. The van der Waals surface area contributed by atoms with Crippen LogP contribution in [0.25, 0.3) is 0 Å². The van der Waals surface area contributed by atoms with Crippen LogP contribution in [-0.2, 0) is 15.7 Å². The summed E-state index contributed by atoms with van der Waals surface area (Å²) in [7, 11) is 1.11. The Balaban J connectivity index is 1.74. The highest BCUT2D eigenvalue weighted by Crippen LogP contribution is 2.36. The fourth-order valence-corrected chi connectivity index (χ4v) is 2.69. The van der Waals surface area contributed by atoms with Crippen molar-refractivity contribution in [2.24, 2.45) is 0 Å². The van der Waals surface area contributed by atoms with Gasteiger partial charge >= 0.3 is 7.12 Å². The maximum Gasteiger partial charge on any atom is 0.494 e. The van der Waals surface area contributed by atoms with Crippen LogP contribution in [-0.4, -0.2) is 35.4 Å². The quantitative estimate of drug-likeness (QED) is 0.787. The monoisotopic (exact) mass is 351 g/mol. The Hall–Kier alpha value is -2.43. The van der Waals surface area contributed by atoms with E-state index in [1.807, 2.05) is 58.0 Å². The Bertz CT molecular complexity index is 828. The smallest absolute Gasteiger partial charge is 0.479 e. The van der Waals surface area contributed by atoms with Crippen molar-refractivity contribution < 1.29 is 14.0 Å². The van der Waals surface area contributed by atoms with Crippen LogP contribution in [0.3, 0.4) is 0 Å². The van der Waals surface area contributed by atoms with Crippen molar-refractivity contribution in [3.8, 4) is 11.9 Å². The molecule has 2 aromatic rings. The number of benzene rings is 1. The minimum atomic E-state index is -0.371. The van der Waals surface area contributed by atoms with E-state index >= 15 is 0 Å². The third-order valence-corrected chi connectivity index (χ3v) is 4.98.